The molecule has 0 aromatic heterocycles. The van der Waals surface area contributed by atoms with Gasteiger partial charge in [0.05, 0.1) is 5.41 Å². The molecule has 4 nitrogen and oxygen atoms in total. The average molecular weight is 411 g/mol. The van der Waals surface area contributed by atoms with E-state index in [1.165, 1.54) is 19.3 Å². The normalized spacial score (nSPS) is 18.5. The molecule has 0 aliphatic heterocycles. The molecule has 0 radical (unpaired) electrons. The number of hydrogen-bond acceptors (Lipinski definition) is 2. The maximum atomic E-state index is 13.1. The average Bonchev–Trinajstić information content (AvgIpc) is 2.69. The van der Waals surface area contributed by atoms with Crippen molar-refractivity contribution in [3.05, 3.63) is 64.7 Å². The second kappa shape index (κ2) is 8.58. The van der Waals surface area contributed by atoms with Crippen LogP contribution in [0, 0.1) is 0 Å². The quantitative estimate of drug-likeness (QED) is 0.687. The fourth-order valence-corrected chi connectivity index (χ4v) is 4.64. The molecule has 2 saturated carbocycles. The Morgan fingerprint density at radius 1 is 0.931 bits per heavy atom. The molecular weight excluding hydrogens is 384 g/mol. The maximum Gasteiger partial charge on any atom is 0.255 e. The molecule has 0 bridgehead atoms. The number of halogens is 1. The van der Waals surface area contributed by atoms with Gasteiger partial charge in [-0.05, 0) is 61.6 Å². The van der Waals surface area contributed by atoms with Crippen LogP contribution in [0.15, 0.2) is 48.5 Å². The lowest BCUT2D eigenvalue weighted by Crippen LogP contribution is -2.52. The molecule has 0 atom stereocenters. The van der Waals surface area contributed by atoms with Crippen LogP contribution >= 0.6 is 11.6 Å². The lowest BCUT2D eigenvalue weighted by molar-refractivity contribution is -0.130. The van der Waals surface area contributed by atoms with Gasteiger partial charge in [-0.15, -0.1) is 0 Å². The van der Waals surface area contributed by atoms with Gasteiger partial charge in [-0.2, -0.15) is 0 Å². The third kappa shape index (κ3) is 4.32. The van der Waals surface area contributed by atoms with Gasteiger partial charge in [0.15, 0.2) is 0 Å². The van der Waals surface area contributed by atoms with Crippen LogP contribution in [0.5, 0.6) is 0 Å². The second-order valence-electron chi connectivity index (χ2n) is 8.29. The number of carbonyl (C=O) groups excluding carboxylic acids is 2. The highest BCUT2D eigenvalue weighted by molar-refractivity contribution is 6.31. The Kier molecular flexibility index (Phi) is 5.91. The zero-order valence-electron chi connectivity index (χ0n) is 16.5. The lowest BCUT2D eigenvalue weighted by Gasteiger charge is -2.42. The second-order valence-corrected chi connectivity index (χ2v) is 8.72. The Morgan fingerprint density at radius 3 is 2.28 bits per heavy atom. The van der Waals surface area contributed by atoms with E-state index in [9.17, 15) is 9.59 Å². The van der Waals surface area contributed by atoms with Crippen molar-refractivity contribution in [3.8, 4) is 0 Å². The number of rotatable bonds is 5. The van der Waals surface area contributed by atoms with Gasteiger partial charge in [0, 0.05) is 22.3 Å². The minimum atomic E-state index is -0.410. The maximum absolute atomic E-state index is 13.1. The van der Waals surface area contributed by atoms with Crippen LogP contribution in [0.4, 0.5) is 5.69 Å². The molecule has 0 unspecified atom stereocenters. The van der Waals surface area contributed by atoms with E-state index < -0.39 is 5.41 Å². The number of nitrogens with one attached hydrogen (secondary N) is 2. The van der Waals surface area contributed by atoms with Gasteiger partial charge in [-0.25, -0.2) is 0 Å². The molecule has 2 aliphatic rings. The first-order valence-corrected chi connectivity index (χ1v) is 10.9. The summed E-state index contributed by atoms with van der Waals surface area (Å²) in [5, 5.41) is 6.74. The molecule has 0 spiro atoms. The molecular formula is C24H27ClN2O2. The Balaban J connectivity index is 1.44. The van der Waals surface area contributed by atoms with E-state index in [4.69, 9.17) is 11.6 Å². The molecule has 0 saturated heterocycles. The summed E-state index contributed by atoms with van der Waals surface area (Å²) in [6.07, 6.45) is 8.73. The van der Waals surface area contributed by atoms with Crippen LogP contribution in [0.2, 0.25) is 5.02 Å². The molecule has 2 aromatic carbocycles. The molecule has 2 aromatic rings. The van der Waals surface area contributed by atoms with Gasteiger partial charge in [-0.3, -0.25) is 9.59 Å². The summed E-state index contributed by atoms with van der Waals surface area (Å²) in [5.41, 5.74) is 1.86. The van der Waals surface area contributed by atoms with Crippen molar-refractivity contribution < 1.29 is 9.59 Å². The fraction of sp³-hybridized carbons (Fsp3) is 0.417. The molecule has 4 rings (SSSR count). The molecule has 2 N–H and O–H groups in total. The van der Waals surface area contributed by atoms with E-state index >= 15 is 0 Å². The third-order valence-corrected chi connectivity index (χ3v) is 6.60. The standard InChI is InChI=1S/C24H27ClN2O2/c25-19-7-4-6-17(16-19)22(28)26-21-12-10-18(11-13-21)24(14-5-15-24)23(29)27-20-8-2-1-3-9-20/h4,6-7,10-13,16,20H,1-3,5,8-9,14-15H2,(H,26,28)(H,27,29). The number of amides is 2. The first-order chi connectivity index (χ1) is 14.1. The van der Waals surface area contributed by atoms with Gasteiger partial charge in [0.25, 0.3) is 5.91 Å². The zero-order chi connectivity index (χ0) is 20.3. The highest BCUT2D eigenvalue weighted by atomic mass is 35.5. The predicted molar refractivity (Wildman–Crippen MR) is 116 cm³/mol. The summed E-state index contributed by atoms with van der Waals surface area (Å²) >= 11 is 5.97. The summed E-state index contributed by atoms with van der Waals surface area (Å²) in [5.74, 6) is -0.0278. The van der Waals surface area contributed by atoms with E-state index in [0.717, 1.165) is 37.7 Å². The largest absolute Gasteiger partial charge is 0.353 e. The number of anilines is 1. The summed E-state index contributed by atoms with van der Waals surface area (Å²) in [6, 6.07) is 14.9. The molecule has 5 heteroatoms. The minimum Gasteiger partial charge on any atom is -0.353 e. The lowest BCUT2D eigenvalue weighted by atomic mass is 9.63. The number of carbonyl (C=O) groups is 2. The van der Waals surface area contributed by atoms with Crippen LogP contribution < -0.4 is 10.6 Å². The third-order valence-electron chi connectivity index (χ3n) is 6.36. The Labute approximate surface area is 177 Å². The van der Waals surface area contributed by atoms with E-state index in [-0.39, 0.29) is 11.8 Å². The Morgan fingerprint density at radius 2 is 1.66 bits per heavy atom. The van der Waals surface area contributed by atoms with Crippen LogP contribution in [0.25, 0.3) is 0 Å². The minimum absolute atomic E-state index is 0.173. The predicted octanol–water partition coefficient (Wildman–Crippen LogP) is 5.46. The Hall–Kier alpha value is -2.33. The van der Waals surface area contributed by atoms with Crippen LogP contribution in [0.1, 0.15) is 67.3 Å². The van der Waals surface area contributed by atoms with Gasteiger partial charge in [-0.1, -0.05) is 55.5 Å². The van der Waals surface area contributed by atoms with E-state index in [0.29, 0.717) is 22.3 Å². The monoisotopic (exact) mass is 410 g/mol. The first kappa shape index (κ1) is 20.0. The molecule has 2 aliphatic carbocycles. The van der Waals surface area contributed by atoms with Crippen molar-refractivity contribution in [1.29, 1.82) is 0 Å². The van der Waals surface area contributed by atoms with Crippen molar-refractivity contribution in [2.45, 2.75) is 62.8 Å². The van der Waals surface area contributed by atoms with Crippen molar-refractivity contribution in [3.63, 3.8) is 0 Å². The fourth-order valence-electron chi connectivity index (χ4n) is 4.45. The van der Waals surface area contributed by atoms with E-state index in [1.54, 1.807) is 24.3 Å². The van der Waals surface area contributed by atoms with Crippen LogP contribution in [-0.2, 0) is 10.2 Å². The zero-order valence-corrected chi connectivity index (χ0v) is 17.3. The molecule has 2 fully saturated rings. The van der Waals surface area contributed by atoms with Crippen LogP contribution in [-0.4, -0.2) is 17.9 Å². The summed E-state index contributed by atoms with van der Waals surface area (Å²) < 4.78 is 0. The topological polar surface area (TPSA) is 58.2 Å². The SMILES string of the molecule is O=C(Nc1ccc(C2(C(=O)NC3CCCCC3)CCC2)cc1)c1cccc(Cl)c1. The van der Waals surface area contributed by atoms with Crippen molar-refractivity contribution in [2.75, 3.05) is 5.32 Å². The van der Waals surface area contributed by atoms with Gasteiger partial charge in [0.2, 0.25) is 5.91 Å². The Bertz CT molecular complexity index is 884. The number of benzene rings is 2. The molecule has 2 amide bonds. The molecule has 0 heterocycles. The van der Waals surface area contributed by atoms with E-state index in [1.807, 2.05) is 24.3 Å². The highest BCUT2D eigenvalue weighted by Crippen LogP contribution is 2.44. The van der Waals surface area contributed by atoms with Crippen molar-refractivity contribution in [1.82, 2.24) is 5.32 Å². The first-order valence-electron chi connectivity index (χ1n) is 10.6. The van der Waals surface area contributed by atoms with Gasteiger partial charge < -0.3 is 10.6 Å². The summed E-state index contributed by atoms with van der Waals surface area (Å²) in [7, 11) is 0. The van der Waals surface area contributed by atoms with Crippen molar-refractivity contribution >= 4 is 29.1 Å². The van der Waals surface area contributed by atoms with Crippen LogP contribution in [0.3, 0.4) is 0 Å². The van der Waals surface area contributed by atoms with Gasteiger partial charge >= 0.3 is 0 Å². The summed E-state index contributed by atoms with van der Waals surface area (Å²) in [6.45, 7) is 0. The van der Waals surface area contributed by atoms with E-state index in [2.05, 4.69) is 10.6 Å². The molecule has 152 valence electrons. The summed E-state index contributed by atoms with van der Waals surface area (Å²) in [4.78, 5) is 25.5. The molecule has 29 heavy (non-hydrogen) atoms. The highest BCUT2D eigenvalue weighted by Gasteiger charge is 2.46. The van der Waals surface area contributed by atoms with Crippen molar-refractivity contribution in [2.24, 2.45) is 0 Å². The number of hydrogen-bond donors (Lipinski definition) is 2. The smallest absolute Gasteiger partial charge is 0.255 e. The van der Waals surface area contributed by atoms with Gasteiger partial charge in [0.1, 0.15) is 0 Å².